The molecule has 5 heteroatoms. The van der Waals surface area contributed by atoms with Crippen molar-refractivity contribution >= 4 is 23.4 Å². The Labute approximate surface area is 166 Å². The number of nitrogens with two attached hydrogens (primary N) is 1. The van der Waals surface area contributed by atoms with Gasteiger partial charge in [0, 0.05) is 36.2 Å². The molecule has 0 aromatic heterocycles. The third-order valence-corrected chi connectivity index (χ3v) is 4.63. The Kier molecular flexibility index (Phi) is 6.27. The largest absolute Gasteiger partial charge is 0.398 e. The van der Waals surface area contributed by atoms with E-state index >= 15 is 0 Å². The molecule has 0 radical (unpaired) electrons. The highest BCUT2D eigenvalue weighted by atomic mass is 15.2. The highest BCUT2D eigenvalue weighted by Crippen LogP contribution is 2.27. The van der Waals surface area contributed by atoms with Gasteiger partial charge in [-0.25, -0.2) is 4.99 Å². The van der Waals surface area contributed by atoms with Crippen molar-refractivity contribution < 1.29 is 0 Å². The molecule has 0 saturated carbocycles. The van der Waals surface area contributed by atoms with Crippen LogP contribution in [0.5, 0.6) is 0 Å². The van der Waals surface area contributed by atoms with Crippen LogP contribution in [0.4, 0.5) is 11.4 Å². The van der Waals surface area contributed by atoms with E-state index in [1.165, 1.54) is 17.3 Å². The van der Waals surface area contributed by atoms with Gasteiger partial charge in [0.05, 0.1) is 0 Å². The summed E-state index contributed by atoms with van der Waals surface area (Å²) in [7, 11) is 0. The molecule has 1 aliphatic rings. The highest BCUT2D eigenvalue weighted by molar-refractivity contribution is 6.04. The van der Waals surface area contributed by atoms with Gasteiger partial charge in [-0.1, -0.05) is 37.3 Å². The van der Waals surface area contributed by atoms with Gasteiger partial charge in [-0.3, -0.25) is 0 Å². The summed E-state index contributed by atoms with van der Waals surface area (Å²) in [5, 5.41) is 10.8. The minimum absolute atomic E-state index is 0.589. The number of nitrogen functional groups attached to an aromatic ring is 1. The average molecular weight is 374 g/mol. The monoisotopic (exact) mass is 373 g/mol. The van der Waals surface area contributed by atoms with Crippen molar-refractivity contribution in [2.45, 2.75) is 33.4 Å². The van der Waals surface area contributed by atoms with Crippen LogP contribution in [0.25, 0.3) is 0 Å². The molecule has 1 aliphatic heterocycles. The lowest BCUT2D eigenvalue weighted by Gasteiger charge is -2.19. The number of nitrogens with zero attached hydrogens (tertiary/aromatic N) is 2. The van der Waals surface area contributed by atoms with Gasteiger partial charge in [-0.15, -0.1) is 0 Å². The predicted molar refractivity (Wildman–Crippen MR) is 119 cm³/mol. The molecule has 0 aliphatic carbocycles. The van der Waals surface area contributed by atoms with Gasteiger partial charge in [0.25, 0.3) is 0 Å². The maximum atomic E-state index is 7.50. The maximum Gasteiger partial charge on any atom is 0.132 e. The van der Waals surface area contributed by atoms with E-state index in [-0.39, 0.29) is 0 Å². The fraction of sp³-hybridized carbons (Fsp3) is 0.217. The van der Waals surface area contributed by atoms with Crippen molar-refractivity contribution in [3.63, 3.8) is 0 Å². The van der Waals surface area contributed by atoms with Crippen LogP contribution in [0.1, 0.15) is 37.0 Å². The normalized spacial score (nSPS) is 14.4. The van der Waals surface area contributed by atoms with Gasteiger partial charge in [0.1, 0.15) is 11.7 Å². The zero-order valence-corrected chi connectivity index (χ0v) is 16.4. The van der Waals surface area contributed by atoms with Crippen LogP contribution in [0.2, 0.25) is 0 Å². The molecule has 0 saturated heterocycles. The number of hydrogen-bond donors (Lipinski definition) is 3. The van der Waals surface area contributed by atoms with Crippen LogP contribution in [0.3, 0.4) is 0 Å². The van der Waals surface area contributed by atoms with Gasteiger partial charge in [0.15, 0.2) is 0 Å². The summed E-state index contributed by atoms with van der Waals surface area (Å²) < 4.78 is 0. The molecule has 3 rings (SSSR count). The molecule has 2 aromatic carbocycles. The number of allylic oxidation sites excluding steroid dienone is 2. The number of rotatable bonds is 6. The minimum Gasteiger partial charge on any atom is -0.398 e. The molecule has 0 amide bonds. The second-order valence-corrected chi connectivity index (χ2v) is 6.71. The molecule has 5 nitrogen and oxygen atoms in total. The molecule has 144 valence electrons. The summed E-state index contributed by atoms with van der Waals surface area (Å²) >= 11 is 0. The summed E-state index contributed by atoms with van der Waals surface area (Å²) in [5.74, 6) is 1.71. The van der Waals surface area contributed by atoms with Gasteiger partial charge in [-0.2, -0.15) is 0 Å². The zero-order chi connectivity index (χ0) is 19.9. The molecular weight excluding hydrogens is 346 g/mol. The van der Waals surface area contributed by atoms with E-state index in [0.717, 1.165) is 36.9 Å². The fourth-order valence-corrected chi connectivity index (χ4v) is 3.24. The van der Waals surface area contributed by atoms with E-state index in [2.05, 4.69) is 47.5 Å². The number of benzene rings is 2. The second kappa shape index (κ2) is 9.04. The second-order valence-electron chi connectivity index (χ2n) is 6.71. The molecule has 0 atom stereocenters. The van der Waals surface area contributed by atoms with Gasteiger partial charge in [-0.05, 0) is 54.8 Å². The highest BCUT2D eigenvalue weighted by Gasteiger charge is 2.20. The zero-order valence-electron chi connectivity index (χ0n) is 16.4. The van der Waals surface area contributed by atoms with Crippen LogP contribution in [0, 0.1) is 5.41 Å². The van der Waals surface area contributed by atoms with E-state index in [0.29, 0.717) is 11.3 Å². The Morgan fingerprint density at radius 3 is 2.54 bits per heavy atom. The van der Waals surface area contributed by atoms with Crippen molar-refractivity contribution in [2.75, 3.05) is 11.1 Å². The van der Waals surface area contributed by atoms with Gasteiger partial charge >= 0.3 is 0 Å². The quantitative estimate of drug-likeness (QED) is 0.382. The number of fused-ring (bicyclic) bond motifs is 1. The number of aliphatic imine (C=N–C) groups is 1. The van der Waals surface area contributed by atoms with Gasteiger partial charge < -0.3 is 21.4 Å². The summed E-state index contributed by atoms with van der Waals surface area (Å²) in [5.41, 5.74) is 10.7. The van der Waals surface area contributed by atoms with Crippen LogP contribution < -0.4 is 11.1 Å². The number of nitrogens with one attached hydrogen (secondary N) is 2. The lowest BCUT2D eigenvalue weighted by atomic mass is 10.1. The van der Waals surface area contributed by atoms with Crippen molar-refractivity contribution in [1.82, 2.24) is 4.90 Å². The third kappa shape index (κ3) is 4.49. The topological polar surface area (TPSA) is 77.5 Å². The van der Waals surface area contributed by atoms with E-state index in [4.69, 9.17) is 16.1 Å². The Bertz CT molecular complexity index is 915. The number of anilines is 2. The van der Waals surface area contributed by atoms with E-state index in [9.17, 15) is 0 Å². The predicted octanol–water partition coefficient (Wildman–Crippen LogP) is 4.92. The SMILES string of the molecule is C\C=C/C(=N/C(=C/CC)N1Cc2ccccc2C1)Nc1ccc(N)c(C=N)c1. The first-order valence-electron chi connectivity index (χ1n) is 9.55. The summed E-state index contributed by atoms with van der Waals surface area (Å²) in [6, 6.07) is 14.1. The van der Waals surface area contributed by atoms with Crippen LogP contribution in [-0.4, -0.2) is 17.0 Å². The Hall–Kier alpha value is -3.34. The summed E-state index contributed by atoms with van der Waals surface area (Å²) in [6.45, 7) is 5.83. The molecule has 0 unspecified atom stereocenters. The van der Waals surface area contributed by atoms with Crippen LogP contribution in [0.15, 0.2) is 71.5 Å². The lowest BCUT2D eigenvalue weighted by molar-refractivity contribution is 0.358. The lowest BCUT2D eigenvalue weighted by Crippen LogP contribution is -2.18. The Balaban J connectivity index is 1.86. The third-order valence-electron chi connectivity index (χ3n) is 4.63. The van der Waals surface area contributed by atoms with Crippen LogP contribution >= 0.6 is 0 Å². The molecule has 0 bridgehead atoms. The van der Waals surface area contributed by atoms with Crippen molar-refractivity contribution in [2.24, 2.45) is 4.99 Å². The molecular formula is C23H27N5. The Morgan fingerprint density at radius 2 is 1.93 bits per heavy atom. The molecule has 1 heterocycles. The average Bonchev–Trinajstić information content (AvgIpc) is 3.13. The van der Waals surface area contributed by atoms with Crippen molar-refractivity contribution in [1.29, 1.82) is 5.41 Å². The van der Waals surface area contributed by atoms with Crippen LogP contribution in [-0.2, 0) is 13.1 Å². The smallest absolute Gasteiger partial charge is 0.132 e. The summed E-state index contributed by atoms with van der Waals surface area (Å²) in [6.07, 6.45) is 8.24. The van der Waals surface area contributed by atoms with Gasteiger partial charge in [0.2, 0.25) is 0 Å². The molecule has 2 aromatic rings. The number of hydrogen-bond acceptors (Lipinski definition) is 4. The van der Waals surface area contributed by atoms with E-state index in [1.54, 1.807) is 6.07 Å². The maximum absolute atomic E-state index is 7.50. The molecule has 28 heavy (non-hydrogen) atoms. The number of amidine groups is 1. The van der Waals surface area contributed by atoms with Crippen molar-refractivity contribution in [3.05, 3.63) is 83.2 Å². The standard InChI is InChI=1S/C23H27N5/c1-3-7-22(26-20-11-12-21(25)19(13-20)14-24)27-23(8-4-2)28-15-17-9-5-6-10-18(17)16-28/h3,5-14,24H,4,15-16,25H2,1-2H3,(H,26,27)/b7-3-,23-8-,24-14?. The summed E-state index contributed by atoms with van der Waals surface area (Å²) in [4.78, 5) is 7.21. The Morgan fingerprint density at radius 1 is 1.21 bits per heavy atom. The fourth-order valence-electron chi connectivity index (χ4n) is 3.24. The van der Waals surface area contributed by atoms with Crippen molar-refractivity contribution in [3.8, 4) is 0 Å². The van der Waals surface area contributed by atoms with E-state index < -0.39 is 0 Å². The first-order valence-corrected chi connectivity index (χ1v) is 9.55. The molecule has 4 N–H and O–H groups in total. The van der Waals surface area contributed by atoms with E-state index in [1.807, 2.05) is 31.2 Å². The first-order chi connectivity index (χ1) is 13.6. The first kappa shape index (κ1) is 19.4. The minimum atomic E-state index is 0.589. The molecule has 0 spiro atoms. The molecule has 0 fully saturated rings.